The van der Waals surface area contributed by atoms with E-state index in [1.165, 1.54) is 10.9 Å². The molecule has 0 radical (unpaired) electrons. The van der Waals surface area contributed by atoms with Gasteiger partial charge in [0.05, 0.1) is 25.1 Å². The highest BCUT2D eigenvalue weighted by Gasteiger charge is 2.18. The number of nitrogens with zero attached hydrogens (tertiary/aromatic N) is 3. The lowest BCUT2D eigenvalue weighted by atomic mass is 10.1. The van der Waals surface area contributed by atoms with Crippen LogP contribution in [0, 0.1) is 6.92 Å². The number of anilines is 2. The molecule has 8 nitrogen and oxygen atoms in total. The molecule has 0 spiro atoms. The summed E-state index contributed by atoms with van der Waals surface area (Å²) in [4.78, 5) is 26.3. The fraction of sp³-hybridized carbons (Fsp3) is 0.353. The third-order valence-corrected chi connectivity index (χ3v) is 4.06. The number of nitrogen functional groups attached to an aromatic ring is 1. The van der Waals surface area contributed by atoms with Crippen molar-refractivity contribution in [2.75, 3.05) is 37.4 Å². The number of ether oxygens (including phenoxy) is 1. The molecule has 1 aromatic heterocycles. The molecule has 1 saturated heterocycles. The topological polar surface area (TPSA) is 102 Å². The molecule has 3 N–H and O–H groups in total. The van der Waals surface area contributed by atoms with Gasteiger partial charge in [-0.2, -0.15) is 5.10 Å². The standard InChI is InChI=1S/C17H21N5O3/c1-12-2-3-13(18)8-15(12)17(24)20-14-9-19-22(10-14)11-16(23)21-4-6-25-7-5-21/h2-3,8-10H,4-7,11,18H2,1H3,(H,20,24). The Kier molecular flexibility index (Phi) is 4.99. The van der Waals surface area contributed by atoms with Crippen molar-refractivity contribution in [3.05, 3.63) is 41.7 Å². The first-order valence-corrected chi connectivity index (χ1v) is 8.08. The predicted octanol–water partition coefficient (Wildman–Crippen LogP) is 0.885. The number of nitrogens with one attached hydrogen (secondary N) is 1. The molecule has 0 atom stereocenters. The SMILES string of the molecule is Cc1ccc(N)cc1C(=O)Nc1cnn(CC(=O)N2CCOCC2)c1. The van der Waals surface area contributed by atoms with Gasteiger partial charge in [0.1, 0.15) is 6.54 Å². The fourth-order valence-electron chi connectivity index (χ4n) is 2.65. The van der Waals surface area contributed by atoms with Crippen molar-refractivity contribution in [2.45, 2.75) is 13.5 Å². The normalized spacial score (nSPS) is 14.4. The molecule has 25 heavy (non-hydrogen) atoms. The summed E-state index contributed by atoms with van der Waals surface area (Å²) < 4.78 is 6.75. The predicted molar refractivity (Wildman–Crippen MR) is 93.2 cm³/mol. The molecule has 1 fully saturated rings. The van der Waals surface area contributed by atoms with Crippen molar-refractivity contribution >= 4 is 23.2 Å². The molecule has 0 aliphatic carbocycles. The summed E-state index contributed by atoms with van der Waals surface area (Å²) in [5, 5.41) is 6.91. The van der Waals surface area contributed by atoms with Gasteiger partial charge in [0.25, 0.3) is 5.91 Å². The monoisotopic (exact) mass is 343 g/mol. The van der Waals surface area contributed by atoms with E-state index in [0.717, 1.165) is 5.56 Å². The summed E-state index contributed by atoms with van der Waals surface area (Å²) in [5.41, 5.74) is 8.15. The summed E-state index contributed by atoms with van der Waals surface area (Å²) in [5.74, 6) is -0.278. The van der Waals surface area contributed by atoms with Crippen molar-refractivity contribution < 1.29 is 14.3 Å². The van der Waals surface area contributed by atoms with Crippen LogP contribution in [0.2, 0.25) is 0 Å². The van der Waals surface area contributed by atoms with Crippen molar-refractivity contribution in [1.29, 1.82) is 0 Å². The summed E-state index contributed by atoms with van der Waals surface area (Å²) >= 11 is 0. The third-order valence-electron chi connectivity index (χ3n) is 4.06. The maximum Gasteiger partial charge on any atom is 0.256 e. The van der Waals surface area contributed by atoms with E-state index < -0.39 is 0 Å². The second kappa shape index (κ2) is 7.35. The van der Waals surface area contributed by atoms with Crippen LogP contribution in [0.4, 0.5) is 11.4 Å². The minimum absolute atomic E-state index is 0.0176. The molecule has 0 saturated carbocycles. The Bertz CT molecular complexity index is 780. The number of nitrogens with two attached hydrogens (primary N) is 1. The number of aromatic nitrogens is 2. The van der Waals surface area contributed by atoms with Gasteiger partial charge >= 0.3 is 0 Å². The van der Waals surface area contributed by atoms with Gasteiger partial charge in [-0.15, -0.1) is 0 Å². The lowest BCUT2D eigenvalue weighted by Crippen LogP contribution is -2.42. The zero-order valence-electron chi connectivity index (χ0n) is 14.1. The van der Waals surface area contributed by atoms with Crippen LogP contribution < -0.4 is 11.1 Å². The van der Waals surface area contributed by atoms with Crippen LogP contribution in [0.1, 0.15) is 15.9 Å². The van der Waals surface area contributed by atoms with Crippen LogP contribution in [0.3, 0.4) is 0 Å². The van der Waals surface area contributed by atoms with Crippen molar-refractivity contribution in [1.82, 2.24) is 14.7 Å². The van der Waals surface area contributed by atoms with E-state index in [-0.39, 0.29) is 18.4 Å². The fourth-order valence-corrected chi connectivity index (χ4v) is 2.65. The second-order valence-corrected chi connectivity index (χ2v) is 5.95. The van der Waals surface area contributed by atoms with Gasteiger partial charge in [0.15, 0.2) is 0 Å². The lowest BCUT2D eigenvalue weighted by molar-refractivity contribution is -0.136. The van der Waals surface area contributed by atoms with E-state index in [2.05, 4.69) is 10.4 Å². The van der Waals surface area contributed by atoms with E-state index in [4.69, 9.17) is 10.5 Å². The average Bonchev–Trinajstić information content (AvgIpc) is 3.04. The van der Waals surface area contributed by atoms with Gasteiger partial charge in [-0.05, 0) is 24.6 Å². The summed E-state index contributed by atoms with van der Waals surface area (Å²) in [6.45, 7) is 4.29. The number of hydrogen-bond donors (Lipinski definition) is 2. The average molecular weight is 343 g/mol. The summed E-state index contributed by atoms with van der Waals surface area (Å²) in [6, 6.07) is 5.19. The maximum absolute atomic E-state index is 12.4. The van der Waals surface area contributed by atoms with Crippen LogP contribution in [0.25, 0.3) is 0 Å². The van der Waals surface area contributed by atoms with E-state index in [1.807, 2.05) is 6.92 Å². The highest BCUT2D eigenvalue weighted by Crippen LogP contribution is 2.15. The van der Waals surface area contributed by atoms with Crippen LogP contribution in [-0.2, 0) is 16.1 Å². The molecule has 1 aliphatic rings. The first-order chi connectivity index (χ1) is 12.0. The Hall–Kier alpha value is -2.87. The quantitative estimate of drug-likeness (QED) is 0.803. The number of hydrogen-bond acceptors (Lipinski definition) is 5. The summed E-state index contributed by atoms with van der Waals surface area (Å²) in [6.07, 6.45) is 3.16. The van der Waals surface area contributed by atoms with Crippen molar-refractivity contribution in [2.24, 2.45) is 0 Å². The van der Waals surface area contributed by atoms with E-state index in [0.29, 0.717) is 43.2 Å². The van der Waals surface area contributed by atoms with Gasteiger partial charge < -0.3 is 20.7 Å². The molecule has 8 heteroatoms. The molecular weight excluding hydrogens is 322 g/mol. The zero-order chi connectivity index (χ0) is 17.8. The third kappa shape index (κ3) is 4.16. The van der Waals surface area contributed by atoms with Crippen LogP contribution in [-0.4, -0.2) is 52.8 Å². The first kappa shape index (κ1) is 17.0. The number of carbonyl (C=O) groups excluding carboxylic acids is 2. The van der Waals surface area contributed by atoms with E-state index in [1.54, 1.807) is 29.3 Å². The molecule has 132 valence electrons. The highest BCUT2D eigenvalue weighted by atomic mass is 16.5. The number of aryl methyl sites for hydroxylation is 1. The zero-order valence-corrected chi connectivity index (χ0v) is 14.1. The molecule has 2 aromatic rings. The smallest absolute Gasteiger partial charge is 0.256 e. The van der Waals surface area contributed by atoms with Crippen LogP contribution in [0.5, 0.6) is 0 Å². The molecule has 3 rings (SSSR count). The maximum atomic E-state index is 12.4. The summed E-state index contributed by atoms with van der Waals surface area (Å²) in [7, 11) is 0. The first-order valence-electron chi connectivity index (χ1n) is 8.08. The number of morpholine rings is 1. The van der Waals surface area contributed by atoms with Gasteiger partial charge in [-0.1, -0.05) is 6.07 Å². The second-order valence-electron chi connectivity index (χ2n) is 5.95. The van der Waals surface area contributed by atoms with Crippen molar-refractivity contribution in [3.8, 4) is 0 Å². The minimum atomic E-state index is -0.260. The largest absolute Gasteiger partial charge is 0.399 e. The Balaban J connectivity index is 1.62. The highest BCUT2D eigenvalue weighted by molar-refractivity contribution is 6.05. The Labute approximate surface area is 145 Å². The molecule has 1 aliphatic heterocycles. The van der Waals surface area contributed by atoms with Gasteiger partial charge in [0.2, 0.25) is 5.91 Å². The molecule has 0 bridgehead atoms. The van der Waals surface area contributed by atoms with E-state index >= 15 is 0 Å². The van der Waals surface area contributed by atoms with Gasteiger partial charge in [0, 0.05) is 30.5 Å². The molecule has 2 amide bonds. The number of rotatable bonds is 4. The van der Waals surface area contributed by atoms with Gasteiger partial charge in [-0.25, -0.2) is 0 Å². The van der Waals surface area contributed by atoms with E-state index in [9.17, 15) is 9.59 Å². The number of carbonyl (C=O) groups is 2. The van der Waals surface area contributed by atoms with Crippen LogP contribution in [0.15, 0.2) is 30.6 Å². The Morgan fingerprint density at radius 3 is 2.84 bits per heavy atom. The molecule has 1 aromatic carbocycles. The van der Waals surface area contributed by atoms with Gasteiger partial charge in [-0.3, -0.25) is 14.3 Å². The Morgan fingerprint density at radius 1 is 1.32 bits per heavy atom. The number of benzene rings is 1. The minimum Gasteiger partial charge on any atom is -0.399 e. The lowest BCUT2D eigenvalue weighted by Gasteiger charge is -2.26. The molecular formula is C17H21N5O3. The van der Waals surface area contributed by atoms with Crippen molar-refractivity contribution in [3.63, 3.8) is 0 Å². The van der Waals surface area contributed by atoms with Crippen LogP contribution >= 0.6 is 0 Å². The number of amides is 2. The molecule has 0 unspecified atom stereocenters. The molecule has 2 heterocycles. The Morgan fingerprint density at radius 2 is 2.08 bits per heavy atom.